The van der Waals surface area contributed by atoms with Crippen molar-refractivity contribution in [1.82, 2.24) is 19.8 Å². The summed E-state index contributed by atoms with van der Waals surface area (Å²) in [6.45, 7) is 0.759. The molecule has 9 nitrogen and oxygen atoms in total. The van der Waals surface area contributed by atoms with E-state index in [-0.39, 0.29) is 64.6 Å². The normalized spacial score (nSPS) is 11.7. The molecule has 2 N–H and O–H groups in total. The van der Waals surface area contributed by atoms with Crippen molar-refractivity contribution < 1.29 is 37.0 Å². The lowest BCUT2D eigenvalue weighted by Gasteiger charge is -2.26. The summed E-state index contributed by atoms with van der Waals surface area (Å²) in [5, 5.41) is 24.8. The smallest absolute Gasteiger partial charge is 0.339 e. The molecule has 6 aromatic rings. The topological polar surface area (TPSA) is 120 Å². The Morgan fingerprint density at radius 1 is 0.689 bits per heavy atom. The number of hydrogen-bond acceptors (Lipinski definition) is 10. The predicted octanol–water partition coefficient (Wildman–Crippen LogP) is 11.1. The number of rotatable bonds is 14. The molecule has 1 aliphatic heterocycles. The minimum absolute atomic E-state index is 0.00393. The molecular formula is C44H30Cl2F4N4O5S2. The van der Waals surface area contributed by atoms with E-state index in [9.17, 15) is 24.2 Å². The second-order valence-electron chi connectivity index (χ2n) is 14.0. The zero-order valence-corrected chi connectivity index (χ0v) is 34.6. The number of phenolic OH excluding ortho intramolecular Hbond substituents is 1. The third kappa shape index (κ3) is 8.49. The highest BCUT2D eigenvalue weighted by molar-refractivity contribution is 7.10. The summed E-state index contributed by atoms with van der Waals surface area (Å²) in [5.41, 5.74) is -3.26. The number of carboxylic acid groups (broad SMARTS) is 1. The number of aromatic nitrogens is 2. The Labute approximate surface area is 362 Å². The maximum Gasteiger partial charge on any atom is 0.339 e. The van der Waals surface area contributed by atoms with Crippen LogP contribution < -0.4 is 5.43 Å². The number of aromatic hydroxyl groups is 1. The van der Waals surface area contributed by atoms with E-state index in [1.165, 1.54) is 22.7 Å². The van der Waals surface area contributed by atoms with Crippen LogP contribution in [0.15, 0.2) is 105 Å². The molecule has 0 amide bonds. The van der Waals surface area contributed by atoms with Crippen LogP contribution in [0.5, 0.6) is 5.75 Å². The van der Waals surface area contributed by atoms with Crippen LogP contribution in [0, 0.1) is 23.3 Å². The van der Waals surface area contributed by atoms with E-state index in [4.69, 9.17) is 27.6 Å². The predicted molar refractivity (Wildman–Crippen MR) is 226 cm³/mol. The van der Waals surface area contributed by atoms with E-state index in [1.54, 1.807) is 42.7 Å². The molecule has 8 rings (SSSR count). The first-order valence-electron chi connectivity index (χ1n) is 18.4. The van der Waals surface area contributed by atoms with Crippen molar-refractivity contribution in [3.8, 4) is 28.2 Å². The highest BCUT2D eigenvalue weighted by atomic mass is 35.5. The van der Waals surface area contributed by atoms with Gasteiger partial charge in [0.25, 0.3) is 0 Å². The third-order valence-corrected chi connectivity index (χ3v) is 12.3. The second-order valence-corrected chi connectivity index (χ2v) is 16.9. The van der Waals surface area contributed by atoms with E-state index < -0.39 is 62.1 Å². The van der Waals surface area contributed by atoms with Crippen LogP contribution in [0.1, 0.15) is 42.6 Å². The van der Waals surface area contributed by atoms with E-state index in [0.29, 0.717) is 24.5 Å². The molecule has 61 heavy (non-hydrogen) atoms. The van der Waals surface area contributed by atoms with E-state index in [0.717, 1.165) is 21.9 Å². The molecule has 0 atom stereocenters. The molecule has 4 aromatic heterocycles. The molecule has 2 aromatic carbocycles. The van der Waals surface area contributed by atoms with Gasteiger partial charge >= 0.3 is 5.97 Å². The SMILES string of the molecule is O=C(O)c1c(F)c(F)c(F)c(F)c1-c1c2cc(Cl)c(=O)c(CN(Cc3ccccn3)Cc3cccs3)c-2oc2c(CN(Cc3ccccn3)Cc3cccs3)c(O)c(Cl)cc12. The number of halogens is 6. The van der Waals surface area contributed by atoms with Gasteiger partial charge in [0.15, 0.2) is 23.3 Å². The van der Waals surface area contributed by atoms with Gasteiger partial charge in [-0.2, -0.15) is 0 Å². The van der Waals surface area contributed by atoms with Gasteiger partial charge in [-0.05, 0) is 59.3 Å². The zero-order chi connectivity index (χ0) is 42.9. The number of nitrogens with zero attached hydrogens (tertiary/aromatic N) is 4. The van der Waals surface area contributed by atoms with Crippen molar-refractivity contribution in [2.24, 2.45) is 0 Å². The zero-order valence-electron chi connectivity index (χ0n) is 31.5. The fourth-order valence-electron chi connectivity index (χ4n) is 7.29. The number of fused-ring (bicyclic) bond motifs is 2. The summed E-state index contributed by atoms with van der Waals surface area (Å²) in [6, 6.07) is 20.5. The van der Waals surface area contributed by atoms with Crippen molar-refractivity contribution in [2.75, 3.05) is 0 Å². The lowest BCUT2D eigenvalue weighted by molar-refractivity contribution is 0.0690. The number of aromatic carboxylic acids is 1. The maximum absolute atomic E-state index is 16.4. The van der Waals surface area contributed by atoms with Crippen LogP contribution in [0.3, 0.4) is 0 Å². The molecule has 310 valence electrons. The van der Waals surface area contributed by atoms with Gasteiger partial charge in [-0.15, -0.1) is 22.7 Å². The van der Waals surface area contributed by atoms with Crippen LogP contribution in [-0.4, -0.2) is 36.0 Å². The molecule has 5 heterocycles. The van der Waals surface area contributed by atoms with Crippen molar-refractivity contribution in [3.63, 3.8) is 0 Å². The molecule has 17 heteroatoms. The lowest BCUT2D eigenvalue weighted by atomic mass is 9.87. The van der Waals surface area contributed by atoms with Crippen LogP contribution in [0.25, 0.3) is 33.4 Å². The summed E-state index contributed by atoms with van der Waals surface area (Å²) in [7, 11) is 0. The average Bonchev–Trinajstić information content (AvgIpc) is 3.97. The summed E-state index contributed by atoms with van der Waals surface area (Å²) >= 11 is 16.3. The van der Waals surface area contributed by atoms with Gasteiger partial charge in [0.1, 0.15) is 22.7 Å². The Morgan fingerprint density at radius 3 is 1.79 bits per heavy atom. The largest absolute Gasteiger partial charge is 0.506 e. The number of hydrogen-bond donors (Lipinski definition) is 2. The minimum atomic E-state index is -2.35. The van der Waals surface area contributed by atoms with Crippen LogP contribution >= 0.6 is 45.9 Å². The number of benzene rings is 3. The highest BCUT2D eigenvalue weighted by Crippen LogP contribution is 2.49. The highest BCUT2D eigenvalue weighted by Gasteiger charge is 2.36. The molecule has 0 spiro atoms. The second kappa shape index (κ2) is 17.7. The quantitative estimate of drug-likeness (QED) is 0.0476. The van der Waals surface area contributed by atoms with E-state index in [2.05, 4.69) is 9.97 Å². The summed E-state index contributed by atoms with van der Waals surface area (Å²) in [4.78, 5) is 41.5. The Bertz CT molecular complexity index is 2920. The van der Waals surface area contributed by atoms with Crippen LogP contribution in [0.2, 0.25) is 10.0 Å². The monoisotopic (exact) mass is 904 g/mol. The molecule has 1 aliphatic carbocycles. The number of pyridine rings is 2. The molecule has 0 saturated heterocycles. The summed E-state index contributed by atoms with van der Waals surface area (Å²) in [5.74, 6) is -11.7. The van der Waals surface area contributed by atoms with E-state index in [1.807, 2.05) is 50.9 Å². The van der Waals surface area contributed by atoms with Gasteiger partial charge in [0.2, 0.25) is 5.43 Å². The standard InChI is InChI=1S/C44H30Cl2F4N4O5S2/c45-31-15-27-33(34-35(44(57)58)37(48)39(50)38(49)36(34)47)28-16-32(46)41(56)30(22-54(20-26-10-6-14-61-26)18-24-8-2-4-12-52-24)43(28)59-42(27)29(40(31)55)21-53(19-25-9-5-13-60-25)17-23-7-1-3-11-51-23/h1-16,55H,17-22H2,(H,57,58). The summed E-state index contributed by atoms with van der Waals surface area (Å²) in [6.07, 6.45) is 3.24. The minimum Gasteiger partial charge on any atom is -0.506 e. The molecule has 0 saturated carbocycles. The van der Waals surface area contributed by atoms with Crippen molar-refractivity contribution in [3.05, 3.63) is 177 Å². The first kappa shape index (κ1) is 42.0. The maximum atomic E-state index is 16.4. The van der Waals surface area contributed by atoms with Gasteiger partial charge in [-0.1, -0.05) is 47.5 Å². The van der Waals surface area contributed by atoms with Gasteiger partial charge < -0.3 is 14.6 Å². The first-order chi connectivity index (χ1) is 29.4. The van der Waals surface area contributed by atoms with E-state index >= 15 is 13.2 Å². The van der Waals surface area contributed by atoms with Gasteiger partial charge in [0.05, 0.1) is 32.6 Å². The van der Waals surface area contributed by atoms with Gasteiger partial charge in [-0.25, -0.2) is 22.4 Å². The van der Waals surface area contributed by atoms with Crippen molar-refractivity contribution in [1.29, 1.82) is 0 Å². The molecular weight excluding hydrogens is 876 g/mol. The van der Waals surface area contributed by atoms with Crippen LogP contribution in [-0.2, 0) is 39.3 Å². The fourth-order valence-corrected chi connectivity index (χ4v) is 9.23. The molecule has 0 radical (unpaired) electrons. The summed E-state index contributed by atoms with van der Waals surface area (Å²) < 4.78 is 68.9. The van der Waals surface area contributed by atoms with Gasteiger partial charge in [0, 0.05) is 83.5 Å². The van der Waals surface area contributed by atoms with Crippen molar-refractivity contribution >= 4 is 62.8 Å². The Morgan fingerprint density at radius 2 is 1.26 bits per heavy atom. The fraction of sp³-hybridized carbons (Fsp3) is 0.136. The number of thiophene rings is 2. The van der Waals surface area contributed by atoms with Gasteiger partial charge in [-0.3, -0.25) is 24.6 Å². The Hall–Kier alpha value is -5.68. The lowest BCUT2D eigenvalue weighted by Crippen LogP contribution is -2.27. The molecule has 0 fully saturated rings. The number of carbonyl (C=O) groups is 1. The van der Waals surface area contributed by atoms with Crippen molar-refractivity contribution in [2.45, 2.75) is 39.3 Å². The molecule has 0 unspecified atom stereocenters. The number of carboxylic acids is 1. The first-order valence-corrected chi connectivity index (χ1v) is 20.9. The molecule has 2 aliphatic rings. The Kier molecular flexibility index (Phi) is 12.2. The average molecular weight is 906 g/mol. The number of phenols is 1. The van der Waals surface area contributed by atoms with Crippen LogP contribution in [0.4, 0.5) is 17.6 Å². The molecule has 0 bridgehead atoms. The Balaban J connectivity index is 1.43. The third-order valence-electron chi connectivity index (χ3n) is 9.96.